The number of hydrogen-bond donors (Lipinski definition) is 1. The normalized spacial score (nSPS) is 15.9. The van der Waals surface area contributed by atoms with E-state index in [1.54, 1.807) is 0 Å². The van der Waals surface area contributed by atoms with Gasteiger partial charge < -0.3 is 14.6 Å². The van der Waals surface area contributed by atoms with Crippen LogP contribution in [-0.4, -0.2) is 53.3 Å². The van der Waals surface area contributed by atoms with Gasteiger partial charge in [0.25, 0.3) is 0 Å². The zero-order chi connectivity index (χ0) is 13.5. The molecule has 1 aromatic heterocycles. The van der Waals surface area contributed by atoms with Crippen molar-refractivity contribution in [1.82, 2.24) is 19.8 Å². The third-order valence-electron chi connectivity index (χ3n) is 3.38. The monoisotopic (exact) mass is 266 g/mol. The summed E-state index contributed by atoms with van der Waals surface area (Å²) in [6, 6.07) is 0. The lowest BCUT2D eigenvalue weighted by atomic mass is 10.3. The van der Waals surface area contributed by atoms with Crippen molar-refractivity contribution in [2.24, 2.45) is 0 Å². The maximum Gasteiger partial charge on any atom is 0.122 e. The van der Waals surface area contributed by atoms with Gasteiger partial charge in [0.15, 0.2) is 0 Å². The van der Waals surface area contributed by atoms with Crippen molar-refractivity contribution in [1.29, 1.82) is 0 Å². The second kappa shape index (κ2) is 7.62. The van der Waals surface area contributed by atoms with Crippen LogP contribution in [0.1, 0.15) is 26.1 Å². The second-order valence-corrected chi connectivity index (χ2v) is 5.34. The Morgan fingerprint density at radius 2 is 2.26 bits per heavy atom. The molecule has 1 N–H and O–H groups in total. The van der Waals surface area contributed by atoms with Gasteiger partial charge in [-0.1, -0.05) is 0 Å². The number of nitrogens with zero attached hydrogens (tertiary/aromatic N) is 3. The van der Waals surface area contributed by atoms with Crippen LogP contribution in [0.25, 0.3) is 0 Å². The molecule has 5 nitrogen and oxygen atoms in total. The molecule has 5 heteroatoms. The van der Waals surface area contributed by atoms with Gasteiger partial charge >= 0.3 is 0 Å². The maximum atomic E-state index is 5.51. The molecular weight excluding hydrogens is 240 g/mol. The summed E-state index contributed by atoms with van der Waals surface area (Å²) in [5.41, 5.74) is 0. The summed E-state index contributed by atoms with van der Waals surface area (Å²) in [4.78, 5) is 6.83. The summed E-state index contributed by atoms with van der Waals surface area (Å²) in [7, 11) is 0. The van der Waals surface area contributed by atoms with Gasteiger partial charge in [-0.3, -0.25) is 4.90 Å². The van der Waals surface area contributed by atoms with E-state index in [0.717, 1.165) is 52.3 Å². The number of fused-ring (bicyclic) bond motifs is 1. The van der Waals surface area contributed by atoms with Gasteiger partial charge in [0.1, 0.15) is 5.82 Å². The molecule has 2 heterocycles. The lowest BCUT2D eigenvalue weighted by Gasteiger charge is -2.27. The number of imidazole rings is 1. The van der Waals surface area contributed by atoms with Gasteiger partial charge in [-0.25, -0.2) is 4.98 Å². The molecule has 2 rings (SSSR count). The molecule has 0 unspecified atom stereocenters. The van der Waals surface area contributed by atoms with Crippen LogP contribution in [0.4, 0.5) is 0 Å². The van der Waals surface area contributed by atoms with E-state index in [2.05, 4.69) is 39.8 Å². The lowest BCUT2D eigenvalue weighted by molar-refractivity contribution is 0.0769. The van der Waals surface area contributed by atoms with Crippen LogP contribution in [0.15, 0.2) is 12.4 Å². The smallest absolute Gasteiger partial charge is 0.122 e. The van der Waals surface area contributed by atoms with Crippen molar-refractivity contribution >= 4 is 0 Å². The van der Waals surface area contributed by atoms with Crippen LogP contribution in [0.5, 0.6) is 0 Å². The van der Waals surface area contributed by atoms with E-state index >= 15 is 0 Å². The van der Waals surface area contributed by atoms with E-state index in [0.29, 0.717) is 6.10 Å². The van der Waals surface area contributed by atoms with Gasteiger partial charge in [0.2, 0.25) is 0 Å². The molecule has 19 heavy (non-hydrogen) atoms. The summed E-state index contributed by atoms with van der Waals surface area (Å²) in [5.74, 6) is 1.19. The van der Waals surface area contributed by atoms with E-state index in [-0.39, 0.29) is 0 Å². The summed E-state index contributed by atoms with van der Waals surface area (Å²) < 4.78 is 7.75. The highest BCUT2D eigenvalue weighted by atomic mass is 16.5. The Hall–Kier alpha value is -0.910. The molecule has 108 valence electrons. The van der Waals surface area contributed by atoms with Gasteiger partial charge in [0, 0.05) is 45.2 Å². The first kappa shape index (κ1) is 14.5. The highest BCUT2D eigenvalue weighted by Crippen LogP contribution is 2.08. The molecule has 1 aliphatic rings. The molecule has 0 saturated heterocycles. The quantitative estimate of drug-likeness (QED) is 0.716. The molecule has 0 amide bonds. The second-order valence-electron chi connectivity index (χ2n) is 5.34. The van der Waals surface area contributed by atoms with E-state index in [4.69, 9.17) is 4.74 Å². The molecular formula is C14H26N4O. The summed E-state index contributed by atoms with van der Waals surface area (Å²) in [6.07, 6.45) is 5.39. The topological polar surface area (TPSA) is 42.3 Å². The van der Waals surface area contributed by atoms with Crippen molar-refractivity contribution in [2.45, 2.75) is 39.5 Å². The maximum absolute atomic E-state index is 5.51. The molecule has 0 saturated carbocycles. The SMILES string of the molecule is CC(C)OCCCNCCN1CCn2ccnc2C1. The Bertz CT molecular complexity index is 364. The van der Waals surface area contributed by atoms with Gasteiger partial charge in [-0.05, 0) is 26.8 Å². The molecule has 0 bridgehead atoms. The van der Waals surface area contributed by atoms with Crippen LogP contribution >= 0.6 is 0 Å². The Morgan fingerprint density at radius 1 is 1.37 bits per heavy atom. The van der Waals surface area contributed by atoms with Crippen molar-refractivity contribution in [3.05, 3.63) is 18.2 Å². The predicted molar refractivity (Wildman–Crippen MR) is 76.1 cm³/mol. The van der Waals surface area contributed by atoms with Crippen LogP contribution in [0.2, 0.25) is 0 Å². The Labute approximate surface area is 116 Å². The first-order valence-corrected chi connectivity index (χ1v) is 7.30. The molecule has 0 aliphatic carbocycles. The standard InChI is InChI=1S/C14H26N4O/c1-13(2)19-11-3-4-15-5-7-17-9-10-18-8-6-16-14(18)12-17/h6,8,13,15H,3-5,7,9-12H2,1-2H3. The minimum absolute atomic E-state index is 0.345. The van der Waals surface area contributed by atoms with Crippen molar-refractivity contribution in [2.75, 3.05) is 32.8 Å². The first-order chi connectivity index (χ1) is 9.25. The van der Waals surface area contributed by atoms with E-state index in [9.17, 15) is 0 Å². The van der Waals surface area contributed by atoms with E-state index < -0.39 is 0 Å². The number of rotatable bonds is 8. The van der Waals surface area contributed by atoms with Crippen LogP contribution in [0.3, 0.4) is 0 Å². The largest absolute Gasteiger partial charge is 0.379 e. The van der Waals surface area contributed by atoms with Crippen molar-refractivity contribution in [3.63, 3.8) is 0 Å². The van der Waals surface area contributed by atoms with Crippen LogP contribution in [-0.2, 0) is 17.8 Å². The number of aromatic nitrogens is 2. The van der Waals surface area contributed by atoms with Gasteiger partial charge in [0.05, 0.1) is 12.6 Å². The number of ether oxygens (including phenoxy) is 1. The first-order valence-electron chi connectivity index (χ1n) is 7.30. The fraction of sp³-hybridized carbons (Fsp3) is 0.786. The number of nitrogens with one attached hydrogen (secondary N) is 1. The van der Waals surface area contributed by atoms with E-state index in [1.807, 2.05) is 6.20 Å². The Morgan fingerprint density at radius 3 is 3.11 bits per heavy atom. The average Bonchev–Trinajstić information content (AvgIpc) is 2.84. The van der Waals surface area contributed by atoms with Crippen molar-refractivity contribution in [3.8, 4) is 0 Å². The average molecular weight is 266 g/mol. The van der Waals surface area contributed by atoms with Gasteiger partial charge in [-0.15, -0.1) is 0 Å². The molecule has 0 atom stereocenters. The highest BCUT2D eigenvalue weighted by Gasteiger charge is 2.15. The fourth-order valence-electron chi connectivity index (χ4n) is 2.29. The Balaban J connectivity index is 1.50. The molecule has 0 aromatic carbocycles. The lowest BCUT2D eigenvalue weighted by Crippen LogP contribution is -2.38. The predicted octanol–water partition coefficient (Wildman–Crippen LogP) is 1.10. The molecule has 1 aromatic rings. The Kier molecular flexibility index (Phi) is 5.82. The summed E-state index contributed by atoms with van der Waals surface area (Å²) in [6.45, 7) is 11.4. The highest BCUT2D eigenvalue weighted by molar-refractivity contribution is 4.95. The van der Waals surface area contributed by atoms with Crippen LogP contribution in [0, 0.1) is 0 Å². The number of hydrogen-bond acceptors (Lipinski definition) is 4. The molecule has 0 fully saturated rings. The third-order valence-corrected chi connectivity index (χ3v) is 3.38. The zero-order valence-electron chi connectivity index (χ0n) is 12.1. The minimum atomic E-state index is 0.345. The fourth-order valence-corrected chi connectivity index (χ4v) is 2.29. The summed E-state index contributed by atoms with van der Waals surface area (Å²) in [5, 5.41) is 3.48. The van der Waals surface area contributed by atoms with Crippen molar-refractivity contribution < 1.29 is 4.74 Å². The van der Waals surface area contributed by atoms with Crippen LogP contribution < -0.4 is 5.32 Å². The van der Waals surface area contributed by atoms with Gasteiger partial charge in [-0.2, -0.15) is 0 Å². The minimum Gasteiger partial charge on any atom is -0.379 e. The van der Waals surface area contributed by atoms with E-state index in [1.165, 1.54) is 5.82 Å². The molecule has 1 aliphatic heterocycles. The molecule has 0 radical (unpaired) electrons. The zero-order valence-corrected chi connectivity index (χ0v) is 12.1. The third kappa shape index (κ3) is 4.93. The summed E-state index contributed by atoms with van der Waals surface area (Å²) >= 11 is 0. The molecule has 0 spiro atoms.